The highest BCUT2D eigenvalue weighted by Gasteiger charge is 2.65. The molecule has 0 spiro atoms. The number of likely N-dealkylation sites (tertiary alicyclic amines) is 1. The first-order valence-electron chi connectivity index (χ1n) is 19.3. The second-order valence-corrected chi connectivity index (χ2v) is 17.1. The predicted octanol–water partition coefficient (Wildman–Crippen LogP) is 5.29. The van der Waals surface area contributed by atoms with Crippen LogP contribution in [-0.4, -0.2) is 98.1 Å². The quantitative estimate of drug-likeness (QED) is 0.252. The molecule has 0 bridgehead atoms. The third-order valence-electron chi connectivity index (χ3n) is 15.0. The number of ketones is 1. The van der Waals surface area contributed by atoms with Crippen LogP contribution < -0.4 is 0 Å². The van der Waals surface area contributed by atoms with E-state index in [4.69, 9.17) is 6.42 Å². The Labute approximate surface area is 297 Å². The van der Waals surface area contributed by atoms with Crippen molar-refractivity contribution in [1.29, 1.82) is 0 Å². The molecule has 6 fully saturated rings. The number of rotatable bonds is 5. The maximum Gasteiger partial charge on any atom is 0.245 e. The molecule has 2 saturated heterocycles. The second-order valence-electron chi connectivity index (χ2n) is 17.1. The zero-order valence-corrected chi connectivity index (χ0v) is 29.8. The van der Waals surface area contributed by atoms with E-state index in [1.807, 2.05) is 40.1 Å². The summed E-state index contributed by atoms with van der Waals surface area (Å²) in [4.78, 5) is 37.9. The molecule has 8 heteroatoms. The number of aliphatic hydroxyl groups excluding tert-OH is 1. The molecule has 8 rings (SSSR count). The second kappa shape index (κ2) is 12.8. The summed E-state index contributed by atoms with van der Waals surface area (Å²) in [7, 11) is 0. The van der Waals surface area contributed by atoms with Gasteiger partial charge in [0.25, 0.3) is 0 Å². The summed E-state index contributed by atoms with van der Waals surface area (Å²) in [6, 6.07) is 11.3. The van der Waals surface area contributed by atoms with Crippen molar-refractivity contribution in [1.82, 2.24) is 19.7 Å². The summed E-state index contributed by atoms with van der Waals surface area (Å²) in [6.07, 6.45) is 18.7. The van der Waals surface area contributed by atoms with Gasteiger partial charge in [-0.05, 0) is 105 Å². The van der Waals surface area contributed by atoms with Crippen LogP contribution in [0.2, 0.25) is 0 Å². The highest BCUT2D eigenvalue weighted by Crippen LogP contribution is 2.68. The minimum absolute atomic E-state index is 0.104. The van der Waals surface area contributed by atoms with Crippen molar-refractivity contribution in [3.05, 3.63) is 54.4 Å². The number of aromatic nitrogens is 1. The van der Waals surface area contributed by atoms with Gasteiger partial charge in [-0.25, -0.2) is 4.98 Å². The molecule has 50 heavy (non-hydrogen) atoms. The van der Waals surface area contributed by atoms with Gasteiger partial charge in [0.15, 0.2) is 0 Å². The van der Waals surface area contributed by atoms with Gasteiger partial charge in [0.1, 0.15) is 17.3 Å². The molecule has 0 unspecified atom stereocenters. The van der Waals surface area contributed by atoms with Gasteiger partial charge in [-0.15, -0.1) is 6.42 Å². The number of allylic oxidation sites excluding steroid dienone is 1. The Bertz CT molecular complexity index is 1710. The van der Waals surface area contributed by atoms with Gasteiger partial charge in [0, 0.05) is 61.8 Å². The lowest BCUT2D eigenvalue weighted by Gasteiger charge is -2.63. The summed E-state index contributed by atoms with van der Waals surface area (Å²) in [6.45, 7) is 8.39. The summed E-state index contributed by atoms with van der Waals surface area (Å²) in [5.41, 5.74) is 0.179. The van der Waals surface area contributed by atoms with Gasteiger partial charge in [-0.1, -0.05) is 44.0 Å². The summed E-state index contributed by atoms with van der Waals surface area (Å²) >= 11 is 0. The van der Waals surface area contributed by atoms with E-state index in [0.717, 1.165) is 81.9 Å². The Hall–Kier alpha value is -3.25. The van der Waals surface area contributed by atoms with Crippen LogP contribution in [0, 0.1) is 46.8 Å². The van der Waals surface area contributed by atoms with E-state index in [0.29, 0.717) is 48.9 Å². The number of pyridine rings is 1. The summed E-state index contributed by atoms with van der Waals surface area (Å²) in [5.74, 6) is 4.99. The molecule has 2 aliphatic heterocycles. The zero-order valence-electron chi connectivity index (χ0n) is 29.8. The van der Waals surface area contributed by atoms with Crippen LogP contribution in [0.1, 0.15) is 88.5 Å². The first-order valence-corrected chi connectivity index (χ1v) is 19.3. The number of aliphatic hydroxyl groups is 2. The fourth-order valence-electron chi connectivity index (χ4n) is 12.1. The number of benzene rings is 1. The number of amides is 1. The zero-order chi connectivity index (χ0) is 34.8. The molecular formula is C42H54N4O4. The SMILES string of the molecule is C#C[C@]1(O)CC[C@H]2[C@@H]3CC[C@H]4C[C@H](O)[C@@H](N5CCN(C(=O)[C@@H]6CCCN6/C=C/C(=O)c6ccc7ccccc7n6)CC5)C[C@]4(C)[C@H]3CC[C@@]21C. The molecule has 3 heterocycles. The van der Waals surface area contributed by atoms with Gasteiger partial charge < -0.3 is 20.0 Å². The molecule has 1 aromatic carbocycles. The highest BCUT2D eigenvalue weighted by molar-refractivity contribution is 6.04. The summed E-state index contributed by atoms with van der Waals surface area (Å²) in [5, 5.41) is 24.0. The predicted molar refractivity (Wildman–Crippen MR) is 194 cm³/mol. The van der Waals surface area contributed by atoms with Gasteiger partial charge in [-0.3, -0.25) is 14.5 Å². The minimum atomic E-state index is -0.985. The molecule has 1 aromatic heterocycles. The van der Waals surface area contributed by atoms with Crippen molar-refractivity contribution in [2.75, 3.05) is 32.7 Å². The van der Waals surface area contributed by atoms with Gasteiger partial charge in [-0.2, -0.15) is 0 Å². The van der Waals surface area contributed by atoms with Crippen molar-refractivity contribution in [2.24, 2.45) is 34.5 Å². The fraction of sp³-hybridized carbons (Fsp3) is 0.643. The van der Waals surface area contributed by atoms with E-state index in [-0.39, 0.29) is 40.7 Å². The van der Waals surface area contributed by atoms with Crippen LogP contribution in [0.25, 0.3) is 10.9 Å². The van der Waals surface area contributed by atoms with E-state index in [1.54, 1.807) is 18.3 Å². The van der Waals surface area contributed by atoms with Crippen molar-refractivity contribution >= 4 is 22.6 Å². The molecule has 2 N–H and O–H groups in total. The van der Waals surface area contributed by atoms with Crippen LogP contribution >= 0.6 is 0 Å². The Morgan fingerprint density at radius 3 is 2.54 bits per heavy atom. The number of carbonyl (C=O) groups excluding carboxylic acids is 2. The molecule has 6 aliphatic rings. The van der Waals surface area contributed by atoms with E-state index in [2.05, 4.69) is 29.7 Å². The number of carbonyl (C=O) groups is 2. The number of hydrogen-bond donors (Lipinski definition) is 2. The van der Waals surface area contributed by atoms with Gasteiger partial charge in [0.05, 0.1) is 11.6 Å². The maximum atomic E-state index is 13.9. The Morgan fingerprint density at radius 2 is 1.74 bits per heavy atom. The average molecular weight is 679 g/mol. The van der Waals surface area contributed by atoms with Crippen molar-refractivity contribution in [3.63, 3.8) is 0 Å². The van der Waals surface area contributed by atoms with Gasteiger partial charge >= 0.3 is 0 Å². The maximum absolute atomic E-state index is 13.9. The Morgan fingerprint density at radius 1 is 0.960 bits per heavy atom. The number of hydrogen-bond acceptors (Lipinski definition) is 7. The molecule has 266 valence electrons. The van der Waals surface area contributed by atoms with Gasteiger partial charge in [0.2, 0.25) is 11.7 Å². The number of fused-ring (bicyclic) bond motifs is 6. The number of terminal acetylenes is 1. The number of piperazine rings is 1. The first-order chi connectivity index (χ1) is 24.0. The smallest absolute Gasteiger partial charge is 0.245 e. The Kier molecular flexibility index (Phi) is 8.64. The van der Waals surface area contributed by atoms with Crippen LogP contribution in [-0.2, 0) is 4.79 Å². The third kappa shape index (κ3) is 5.42. The molecule has 10 atom stereocenters. The summed E-state index contributed by atoms with van der Waals surface area (Å²) < 4.78 is 0. The normalized spacial score (nSPS) is 40.3. The first kappa shape index (κ1) is 33.9. The number of nitrogens with zero attached hydrogens (tertiary/aromatic N) is 4. The van der Waals surface area contributed by atoms with Crippen LogP contribution in [0.3, 0.4) is 0 Å². The molecule has 0 radical (unpaired) electrons. The molecule has 8 nitrogen and oxygen atoms in total. The molecule has 4 saturated carbocycles. The topological polar surface area (TPSA) is 97.2 Å². The molecule has 1 amide bonds. The largest absolute Gasteiger partial charge is 0.391 e. The lowest BCUT2D eigenvalue weighted by Crippen LogP contribution is -2.63. The lowest BCUT2D eigenvalue weighted by atomic mass is 9.44. The minimum Gasteiger partial charge on any atom is -0.391 e. The van der Waals surface area contributed by atoms with Crippen molar-refractivity contribution in [2.45, 2.75) is 102 Å². The molecular weight excluding hydrogens is 624 g/mol. The van der Waals surface area contributed by atoms with E-state index in [9.17, 15) is 19.8 Å². The van der Waals surface area contributed by atoms with E-state index >= 15 is 0 Å². The molecule has 2 aromatic rings. The highest BCUT2D eigenvalue weighted by atomic mass is 16.3. The van der Waals surface area contributed by atoms with Crippen LogP contribution in [0.15, 0.2) is 48.7 Å². The van der Waals surface area contributed by atoms with E-state index in [1.165, 1.54) is 6.42 Å². The standard InChI is InChI=1S/C42H54N4O4/c1-4-42(50)19-16-32-30-13-12-29-26-38(48)36(27-40(29,2)31(30)15-18-41(32,42)3)45-22-24-46(25-23-45)39(49)35-10-7-20-44(35)21-17-37(47)34-14-11-28-8-5-6-9-33(28)43-34/h1,5-6,8-9,11,14,17,21,29-32,35-36,38,48,50H,7,10,12-13,15-16,18-20,22-27H2,2-3H3/b21-17+/t29-,30+,31-,32-,35-,36-,38-,40-,41-,42-/m0/s1. The van der Waals surface area contributed by atoms with E-state index < -0.39 is 5.60 Å². The van der Waals surface area contributed by atoms with Crippen LogP contribution in [0.5, 0.6) is 0 Å². The van der Waals surface area contributed by atoms with Crippen LogP contribution in [0.4, 0.5) is 0 Å². The monoisotopic (exact) mass is 678 g/mol. The molecule has 4 aliphatic carbocycles. The van der Waals surface area contributed by atoms with Crippen molar-refractivity contribution < 1.29 is 19.8 Å². The third-order valence-corrected chi connectivity index (χ3v) is 15.0. The fourth-order valence-corrected chi connectivity index (χ4v) is 12.1. The lowest BCUT2D eigenvalue weighted by molar-refractivity contribution is -0.163. The Balaban J connectivity index is 0.896. The average Bonchev–Trinajstić information content (AvgIpc) is 3.72. The number of para-hydroxylation sites is 1. The van der Waals surface area contributed by atoms with Crippen molar-refractivity contribution in [3.8, 4) is 12.3 Å².